The molecule has 0 saturated heterocycles. The van der Waals surface area contributed by atoms with E-state index in [-0.39, 0.29) is 5.97 Å². The summed E-state index contributed by atoms with van der Waals surface area (Å²) in [5.41, 5.74) is 0.761. The van der Waals surface area contributed by atoms with E-state index in [1.807, 2.05) is 6.08 Å². The summed E-state index contributed by atoms with van der Waals surface area (Å²) in [6.45, 7) is 3.57. The van der Waals surface area contributed by atoms with Gasteiger partial charge in [0.1, 0.15) is 0 Å². The van der Waals surface area contributed by atoms with Crippen LogP contribution in [-0.4, -0.2) is 36.6 Å². The number of carbonyl (C=O) groups is 4. The number of ether oxygens (including phenoxy) is 3. The molecule has 3 unspecified atom stereocenters. The Balaban J connectivity index is 0.000000249. The Kier molecular flexibility index (Phi) is 5.89. The lowest BCUT2D eigenvalue weighted by molar-refractivity contribution is -0.164. The van der Waals surface area contributed by atoms with E-state index in [4.69, 9.17) is 9.47 Å². The largest absolute Gasteiger partial charge is 0.463 e. The highest BCUT2D eigenvalue weighted by atomic mass is 16.6. The molecule has 1 heterocycles. The predicted octanol–water partition coefficient (Wildman–Crippen LogP) is 1.46. The number of fused-ring (bicyclic) bond motifs is 2. The van der Waals surface area contributed by atoms with E-state index in [1.165, 1.54) is 6.42 Å². The van der Waals surface area contributed by atoms with Crippen molar-refractivity contribution < 1.29 is 33.4 Å². The molecule has 0 aromatic carbocycles. The van der Waals surface area contributed by atoms with Crippen molar-refractivity contribution in [2.24, 2.45) is 11.8 Å². The molecule has 7 nitrogen and oxygen atoms in total. The summed E-state index contributed by atoms with van der Waals surface area (Å²) in [7, 11) is 0. The van der Waals surface area contributed by atoms with Gasteiger partial charge in [-0.25, -0.2) is 19.2 Å². The number of cyclic esters (lactones) is 2. The number of hydrogen-bond acceptors (Lipinski definition) is 7. The van der Waals surface area contributed by atoms with Crippen LogP contribution >= 0.6 is 0 Å². The van der Waals surface area contributed by atoms with Crippen LogP contribution in [0.4, 0.5) is 0 Å². The standard InChI is InChI=1S/C13H18O4.C4H2O3/c1-3-16-12(14)8(2)17-13(15)11-7-9-4-5-10(11)6-9;5-3-1-2-4(6)7-3/h7-10H,3-6H2,1-2H3;1-2H. The molecule has 2 bridgehead atoms. The molecule has 0 radical (unpaired) electrons. The van der Waals surface area contributed by atoms with E-state index in [2.05, 4.69) is 4.74 Å². The lowest BCUT2D eigenvalue weighted by Crippen LogP contribution is -2.27. The van der Waals surface area contributed by atoms with Crippen LogP contribution < -0.4 is 0 Å². The number of carbonyl (C=O) groups excluding carboxylic acids is 4. The molecule has 3 atom stereocenters. The van der Waals surface area contributed by atoms with E-state index in [1.54, 1.807) is 13.8 Å². The highest BCUT2D eigenvalue weighted by Gasteiger charge is 2.37. The third-order valence-corrected chi connectivity index (χ3v) is 4.02. The number of esters is 4. The monoisotopic (exact) mass is 336 g/mol. The van der Waals surface area contributed by atoms with Gasteiger partial charge in [0.15, 0.2) is 6.10 Å². The van der Waals surface area contributed by atoms with Gasteiger partial charge in [0, 0.05) is 17.7 Å². The lowest BCUT2D eigenvalue weighted by Gasteiger charge is -2.16. The third kappa shape index (κ3) is 4.53. The SMILES string of the molecule is CCOC(=O)C(C)OC(=O)C1=CC2CCC1C2.O=C1C=CC(=O)O1. The molecule has 0 N–H and O–H groups in total. The zero-order valence-electron chi connectivity index (χ0n) is 13.7. The van der Waals surface area contributed by atoms with Gasteiger partial charge in [-0.2, -0.15) is 0 Å². The summed E-state index contributed by atoms with van der Waals surface area (Å²) in [6, 6.07) is 0. The molecular weight excluding hydrogens is 316 g/mol. The minimum atomic E-state index is -0.817. The molecule has 1 saturated carbocycles. The highest BCUT2D eigenvalue weighted by Crippen LogP contribution is 2.44. The van der Waals surface area contributed by atoms with Crippen molar-refractivity contribution in [3.8, 4) is 0 Å². The van der Waals surface area contributed by atoms with Crippen LogP contribution in [0.25, 0.3) is 0 Å². The van der Waals surface area contributed by atoms with Gasteiger partial charge in [0.05, 0.1) is 6.61 Å². The average Bonchev–Trinajstić information content (AvgIpc) is 3.25. The second kappa shape index (κ2) is 7.90. The van der Waals surface area contributed by atoms with Gasteiger partial charge in [-0.3, -0.25) is 0 Å². The molecule has 7 heteroatoms. The number of hydrogen-bond donors (Lipinski definition) is 0. The fraction of sp³-hybridized carbons (Fsp3) is 0.529. The van der Waals surface area contributed by atoms with Crippen molar-refractivity contribution in [1.29, 1.82) is 0 Å². The van der Waals surface area contributed by atoms with E-state index in [0.29, 0.717) is 18.4 Å². The molecular formula is C17H20O7. The molecule has 3 aliphatic rings. The Morgan fingerprint density at radius 3 is 2.33 bits per heavy atom. The van der Waals surface area contributed by atoms with Crippen LogP contribution in [-0.2, 0) is 33.4 Å². The zero-order chi connectivity index (χ0) is 17.7. The Labute approximate surface area is 139 Å². The number of allylic oxidation sites excluding steroid dienone is 1. The second-order valence-electron chi connectivity index (χ2n) is 5.77. The normalized spacial score (nSPS) is 24.7. The molecule has 0 spiro atoms. The van der Waals surface area contributed by atoms with Gasteiger partial charge in [-0.15, -0.1) is 0 Å². The van der Waals surface area contributed by atoms with E-state index < -0.39 is 24.0 Å². The first-order valence-corrected chi connectivity index (χ1v) is 7.93. The zero-order valence-corrected chi connectivity index (χ0v) is 13.7. The molecule has 0 aromatic rings. The number of rotatable bonds is 4. The summed E-state index contributed by atoms with van der Waals surface area (Å²) < 4.78 is 13.9. The minimum absolute atomic E-state index is 0.300. The van der Waals surface area contributed by atoms with Crippen molar-refractivity contribution in [3.63, 3.8) is 0 Å². The van der Waals surface area contributed by atoms with Crippen molar-refractivity contribution in [2.75, 3.05) is 6.61 Å². The van der Waals surface area contributed by atoms with Gasteiger partial charge < -0.3 is 14.2 Å². The fourth-order valence-corrected chi connectivity index (χ4v) is 2.91. The van der Waals surface area contributed by atoms with Crippen LogP contribution in [0.3, 0.4) is 0 Å². The third-order valence-electron chi connectivity index (χ3n) is 4.02. The van der Waals surface area contributed by atoms with Crippen molar-refractivity contribution >= 4 is 23.9 Å². The average molecular weight is 336 g/mol. The van der Waals surface area contributed by atoms with E-state index >= 15 is 0 Å². The summed E-state index contributed by atoms with van der Waals surface area (Å²) in [5, 5.41) is 0. The first-order valence-electron chi connectivity index (χ1n) is 7.93. The van der Waals surface area contributed by atoms with Crippen LogP contribution in [0.15, 0.2) is 23.8 Å². The second-order valence-corrected chi connectivity index (χ2v) is 5.77. The quantitative estimate of drug-likeness (QED) is 0.435. The lowest BCUT2D eigenvalue weighted by atomic mass is 9.99. The maximum absolute atomic E-state index is 11.9. The van der Waals surface area contributed by atoms with E-state index in [0.717, 1.165) is 30.6 Å². The topological polar surface area (TPSA) is 96.0 Å². The molecule has 0 amide bonds. The molecule has 2 aliphatic carbocycles. The van der Waals surface area contributed by atoms with Crippen LogP contribution in [0.1, 0.15) is 33.1 Å². The highest BCUT2D eigenvalue weighted by molar-refractivity contribution is 6.04. The van der Waals surface area contributed by atoms with Crippen molar-refractivity contribution in [1.82, 2.24) is 0 Å². The first-order chi connectivity index (χ1) is 11.4. The molecule has 0 aromatic heterocycles. The molecule has 130 valence electrons. The van der Waals surface area contributed by atoms with Gasteiger partial charge >= 0.3 is 23.9 Å². The Morgan fingerprint density at radius 2 is 1.92 bits per heavy atom. The summed E-state index contributed by atoms with van der Waals surface area (Å²) in [6.07, 6.45) is 6.67. The summed E-state index contributed by atoms with van der Waals surface area (Å²) >= 11 is 0. The fourth-order valence-electron chi connectivity index (χ4n) is 2.91. The molecule has 24 heavy (non-hydrogen) atoms. The van der Waals surface area contributed by atoms with Gasteiger partial charge in [-0.05, 0) is 44.9 Å². The maximum atomic E-state index is 11.9. The maximum Gasteiger partial charge on any atom is 0.347 e. The summed E-state index contributed by atoms with van der Waals surface area (Å²) in [5.74, 6) is -1.10. The first kappa shape index (κ1) is 17.9. The smallest absolute Gasteiger partial charge is 0.347 e. The van der Waals surface area contributed by atoms with Crippen LogP contribution in [0.5, 0.6) is 0 Å². The Hall–Kier alpha value is -2.44. The molecule has 3 rings (SSSR count). The molecule has 1 fully saturated rings. The van der Waals surface area contributed by atoms with Crippen molar-refractivity contribution in [2.45, 2.75) is 39.2 Å². The summed E-state index contributed by atoms with van der Waals surface area (Å²) in [4.78, 5) is 43.0. The van der Waals surface area contributed by atoms with Gasteiger partial charge in [0.25, 0.3) is 0 Å². The Bertz CT molecular complexity index is 586. The van der Waals surface area contributed by atoms with Gasteiger partial charge in [-0.1, -0.05) is 6.08 Å². The minimum Gasteiger partial charge on any atom is -0.463 e. The van der Waals surface area contributed by atoms with Crippen molar-refractivity contribution in [3.05, 3.63) is 23.8 Å². The van der Waals surface area contributed by atoms with Crippen LogP contribution in [0, 0.1) is 11.8 Å². The molecule has 1 aliphatic heterocycles. The van der Waals surface area contributed by atoms with Gasteiger partial charge in [0.2, 0.25) is 0 Å². The predicted molar refractivity (Wildman–Crippen MR) is 81.3 cm³/mol. The Morgan fingerprint density at radius 1 is 1.25 bits per heavy atom. The van der Waals surface area contributed by atoms with Crippen LogP contribution in [0.2, 0.25) is 0 Å². The van der Waals surface area contributed by atoms with E-state index in [9.17, 15) is 19.2 Å².